The first-order valence-corrected chi connectivity index (χ1v) is 8.07. The van der Waals surface area contributed by atoms with Crippen molar-refractivity contribution < 1.29 is 4.74 Å². The zero-order chi connectivity index (χ0) is 13.3. The maximum Gasteiger partial charge on any atom is 0.0619 e. The van der Waals surface area contributed by atoms with Crippen molar-refractivity contribution in [1.82, 2.24) is 5.32 Å². The molecule has 1 aliphatic heterocycles. The van der Waals surface area contributed by atoms with Crippen LogP contribution in [0.2, 0.25) is 0 Å². The van der Waals surface area contributed by atoms with Gasteiger partial charge in [0.1, 0.15) is 0 Å². The van der Waals surface area contributed by atoms with Crippen LogP contribution in [0.3, 0.4) is 0 Å². The summed E-state index contributed by atoms with van der Waals surface area (Å²) in [5.74, 6) is 0. The van der Waals surface area contributed by atoms with Crippen LogP contribution in [0.4, 0.5) is 0 Å². The molecule has 2 fully saturated rings. The number of benzene rings is 1. The minimum atomic E-state index is 0.274. The summed E-state index contributed by atoms with van der Waals surface area (Å²) >= 11 is 3.50. The molecule has 1 heterocycles. The predicted molar refractivity (Wildman–Crippen MR) is 81.3 cm³/mol. The van der Waals surface area contributed by atoms with Crippen LogP contribution in [0.1, 0.15) is 31.7 Å². The van der Waals surface area contributed by atoms with Crippen LogP contribution in [-0.4, -0.2) is 25.3 Å². The summed E-state index contributed by atoms with van der Waals surface area (Å²) in [6, 6.07) is 9.51. The van der Waals surface area contributed by atoms with E-state index < -0.39 is 0 Å². The highest BCUT2D eigenvalue weighted by Crippen LogP contribution is 2.38. The van der Waals surface area contributed by atoms with Gasteiger partial charge in [-0.25, -0.2) is 0 Å². The molecule has 0 amide bonds. The third-order valence-electron chi connectivity index (χ3n) is 4.62. The molecule has 0 bridgehead atoms. The molecule has 1 aromatic carbocycles. The van der Waals surface area contributed by atoms with Crippen molar-refractivity contribution in [2.45, 2.75) is 44.8 Å². The Bertz CT molecular complexity index is 429. The van der Waals surface area contributed by atoms with Crippen molar-refractivity contribution in [3.63, 3.8) is 0 Å². The first kappa shape index (κ1) is 13.6. The summed E-state index contributed by atoms with van der Waals surface area (Å²) in [5.41, 5.74) is 1.69. The van der Waals surface area contributed by atoms with Gasteiger partial charge < -0.3 is 10.1 Å². The summed E-state index contributed by atoms with van der Waals surface area (Å²) in [7, 11) is 0. The average Bonchev–Trinajstić information content (AvgIpc) is 3.17. The molecule has 1 aromatic rings. The summed E-state index contributed by atoms with van der Waals surface area (Å²) in [6.45, 7) is 4.24. The SMILES string of the molecule is CC1OCCC1(CNC1CC1)Cc1ccc(Br)cc1. The smallest absolute Gasteiger partial charge is 0.0619 e. The van der Waals surface area contributed by atoms with Gasteiger partial charge in [-0.05, 0) is 50.3 Å². The molecular formula is C16H22BrNO. The van der Waals surface area contributed by atoms with Gasteiger partial charge in [0.15, 0.2) is 0 Å². The van der Waals surface area contributed by atoms with Crippen LogP contribution in [0.25, 0.3) is 0 Å². The average molecular weight is 324 g/mol. The van der Waals surface area contributed by atoms with E-state index in [4.69, 9.17) is 4.74 Å². The fourth-order valence-electron chi connectivity index (χ4n) is 2.99. The Labute approximate surface area is 124 Å². The zero-order valence-corrected chi connectivity index (χ0v) is 13.1. The molecule has 1 N–H and O–H groups in total. The van der Waals surface area contributed by atoms with Crippen LogP contribution in [-0.2, 0) is 11.2 Å². The lowest BCUT2D eigenvalue weighted by atomic mass is 9.76. The van der Waals surface area contributed by atoms with Crippen molar-refractivity contribution in [2.75, 3.05) is 13.2 Å². The van der Waals surface area contributed by atoms with E-state index in [1.165, 1.54) is 24.8 Å². The molecular weight excluding hydrogens is 302 g/mol. The second-order valence-electron chi connectivity index (χ2n) is 6.08. The van der Waals surface area contributed by atoms with E-state index in [1.807, 2.05) is 0 Å². The molecule has 2 unspecified atom stereocenters. The molecule has 0 aromatic heterocycles. The van der Waals surface area contributed by atoms with E-state index >= 15 is 0 Å². The Morgan fingerprint density at radius 3 is 2.63 bits per heavy atom. The highest BCUT2D eigenvalue weighted by Gasteiger charge is 2.42. The molecule has 3 heteroatoms. The minimum Gasteiger partial charge on any atom is -0.378 e. The number of hydrogen-bond acceptors (Lipinski definition) is 2. The standard InChI is InChI=1S/C16H22BrNO/c1-12-16(8-9-19-12,11-18-15-6-7-15)10-13-2-4-14(17)5-3-13/h2-5,12,15,18H,6-11H2,1H3. The molecule has 3 rings (SSSR count). The quantitative estimate of drug-likeness (QED) is 0.894. The third kappa shape index (κ3) is 3.21. The normalized spacial score (nSPS) is 30.7. The topological polar surface area (TPSA) is 21.3 Å². The minimum absolute atomic E-state index is 0.274. The summed E-state index contributed by atoms with van der Waals surface area (Å²) in [6.07, 6.45) is 5.33. The van der Waals surface area contributed by atoms with Gasteiger partial charge in [-0.3, -0.25) is 0 Å². The zero-order valence-electron chi connectivity index (χ0n) is 11.5. The van der Waals surface area contributed by atoms with E-state index in [9.17, 15) is 0 Å². The van der Waals surface area contributed by atoms with Crippen LogP contribution in [0.5, 0.6) is 0 Å². The van der Waals surface area contributed by atoms with E-state index in [-0.39, 0.29) is 5.41 Å². The van der Waals surface area contributed by atoms with Gasteiger partial charge in [0.05, 0.1) is 6.10 Å². The van der Waals surface area contributed by atoms with Crippen molar-refractivity contribution in [2.24, 2.45) is 5.41 Å². The lowest BCUT2D eigenvalue weighted by Crippen LogP contribution is -2.42. The van der Waals surface area contributed by atoms with E-state index in [0.29, 0.717) is 6.10 Å². The lowest BCUT2D eigenvalue weighted by molar-refractivity contribution is 0.0628. The first-order valence-electron chi connectivity index (χ1n) is 7.27. The first-order chi connectivity index (χ1) is 9.18. The number of rotatable bonds is 5. The Morgan fingerprint density at radius 1 is 1.32 bits per heavy atom. The summed E-state index contributed by atoms with van der Waals surface area (Å²) in [4.78, 5) is 0. The van der Waals surface area contributed by atoms with Crippen LogP contribution >= 0.6 is 15.9 Å². The second kappa shape index (κ2) is 5.55. The number of halogens is 1. The number of hydrogen-bond donors (Lipinski definition) is 1. The van der Waals surface area contributed by atoms with Gasteiger partial charge >= 0.3 is 0 Å². The molecule has 1 aliphatic carbocycles. The highest BCUT2D eigenvalue weighted by atomic mass is 79.9. The molecule has 2 aliphatic rings. The Balaban J connectivity index is 1.72. The molecule has 0 radical (unpaired) electrons. The lowest BCUT2D eigenvalue weighted by Gasteiger charge is -2.33. The van der Waals surface area contributed by atoms with E-state index in [2.05, 4.69) is 52.4 Å². The van der Waals surface area contributed by atoms with Crippen LogP contribution in [0, 0.1) is 5.41 Å². The molecule has 2 nitrogen and oxygen atoms in total. The van der Waals surface area contributed by atoms with Crippen LogP contribution in [0.15, 0.2) is 28.7 Å². The van der Waals surface area contributed by atoms with Crippen molar-refractivity contribution >= 4 is 15.9 Å². The largest absolute Gasteiger partial charge is 0.378 e. The molecule has 2 atom stereocenters. The van der Waals surface area contributed by atoms with Gasteiger partial charge in [0.2, 0.25) is 0 Å². The highest BCUT2D eigenvalue weighted by molar-refractivity contribution is 9.10. The van der Waals surface area contributed by atoms with Gasteiger partial charge in [-0.15, -0.1) is 0 Å². The molecule has 104 valence electrons. The maximum atomic E-state index is 5.87. The van der Waals surface area contributed by atoms with Gasteiger partial charge in [0.25, 0.3) is 0 Å². The molecule has 1 saturated carbocycles. The van der Waals surface area contributed by atoms with Gasteiger partial charge in [-0.1, -0.05) is 28.1 Å². The van der Waals surface area contributed by atoms with Crippen molar-refractivity contribution in [3.8, 4) is 0 Å². The van der Waals surface area contributed by atoms with Gasteiger partial charge in [-0.2, -0.15) is 0 Å². The Morgan fingerprint density at radius 2 is 2.05 bits per heavy atom. The third-order valence-corrected chi connectivity index (χ3v) is 5.15. The van der Waals surface area contributed by atoms with E-state index in [1.54, 1.807) is 0 Å². The Kier molecular flexibility index (Phi) is 3.97. The fourth-order valence-corrected chi connectivity index (χ4v) is 3.25. The second-order valence-corrected chi connectivity index (χ2v) is 7.00. The van der Waals surface area contributed by atoms with E-state index in [0.717, 1.165) is 30.1 Å². The fraction of sp³-hybridized carbons (Fsp3) is 0.625. The summed E-state index contributed by atoms with van der Waals surface area (Å²) < 4.78 is 7.02. The van der Waals surface area contributed by atoms with Crippen LogP contribution < -0.4 is 5.32 Å². The van der Waals surface area contributed by atoms with Crippen molar-refractivity contribution in [3.05, 3.63) is 34.3 Å². The van der Waals surface area contributed by atoms with Crippen molar-refractivity contribution in [1.29, 1.82) is 0 Å². The monoisotopic (exact) mass is 323 g/mol. The maximum absolute atomic E-state index is 5.87. The number of ether oxygens (including phenoxy) is 1. The number of nitrogens with one attached hydrogen (secondary N) is 1. The Hall–Kier alpha value is -0.380. The molecule has 19 heavy (non-hydrogen) atoms. The summed E-state index contributed by atoms with van der Waals surface area (Å²) in [5, 5.41) is 3.71. The molecule has 1 saturated heterocycles. The van der Waals surface area contributed by atoms with Gasteiger partial charge in [0, 0.05) is 29.1 Å². The molecule has 0 spiro atoms. The predicted octanol–water partition coefficient (Wildman–Crippen LogP) is 3.54.